The summed E-state index contributed by atoms with van der Waals surface area (Å²) < 4.78 is 5.68. The molecule has 2 N–H and O–H groups in total. The van der Waals surface area contributed by atoms with Crippen LogP contribution in [0.3, 0.4) is 0 Å². The highest BCUT2D eigenvalue weighted by atomic mass is 16.5. The van der Waals surface area contributed by atoms with Crippen LogP contribution in [-0.4, -0.2) is 55.8 Å². The zero-order valence-electron chi connectivity index (χ0n) is 9.91. The van der Waals surface area contributed by atoms with Crippen molar-refractivity contribution in [1.29, 1.82) is 0 Å². The third-order valence-electron chi connectivity index (χ3n) is 2.96. The van der Waals surface area contributed by atoms with Gasteiger partial charge in [-0.25, -0.2) is 0 Å². The van der Waals surface area contributed by atoms with Crippen LogP contribution in [-0.2, 0) is 11.2 Å². The number of rotatable bonds is 5. The maximum absolute atomic E-state index is 5.68. The monoisotopic (exact) mass is 223 g/mol. The molecule has 0 amide bonds. The van der Waals surface area contributed by atoms with Crippen molar-refractivity contribution < 1.29 is 4.74 Å². The van der Waals surface area contributed by atoms with Crippen molar-refractivity contribution in [2.75, 3.05) is 39.8 Å². The molecule has 1 saturated heterocycles. The standard InChI is InChI=1S/C12H21N3O/c1-15(6-3-11-2-4-13-8-11)10-12-9-14-5-7-16-12/h2,4,8,12-14H,3,5-7,9-10H2,1H3. The van der Waals surface area contributed by atoms with Crippen LogP contribution in [0.1, 0.15) is 5.56 Å². The lowest BCUT2D eigenvalue weighted by molar-refractivity contribution is 0.0103. The number of hydrogen-bond donors (Lipinski definition) is 2. The fourth-order valence-electron chi connectivity index (χ4n) is 2.01. The number of ether oxygens (including phenoxy) is 1. The highest BCUT2D eigenvalue weighted by Gasteiger charge is 2.15. The number of aromatic amines is 1. The lowest BCUT2D eigenvalue weighted by Gasteiger charge is -2.27. The Morgan fingerprint density at radius 2 is 2.50 bits per heavy atom. The van der Waals surface area contributed by atoms with E-state index < -0.39 is 0 Å². The van der Waals surface area contributed by atoms with Crippen molar-refractivity contribution in [2.24, 2.45) is 0 Å². The quantitative estimate of drug-likeness (QED) is 0.762. The van der Waals surface area contributed by atoms with Gasteiger partial charge in [0.1, 0.15) is 0 Å². The van der Waals surface area contributed by atoms with Crippen LogP contribution in [0.25, 0.3) is 0 Å². The third-order valence-corrected chi connectivity index (χ3v) is 2.96. The van der Waals surface area contributed by atoms with E-state index in [1.54, 1.807) is 0 Å². The molecule has 1 aromatic rings. The molecular formula is C12H21N3O. The van der Waals surface area contributed by atoms with Gasteiger partial charge in [0.05, 0.1) is 12.7 Å². The average molecular weight is 223 g/mol. The summed E-state index contributed by atoms with van der Waals surface area (Å²) in [6.07, 6.45) is 5.49. The molecule has 1 aliphatic heterocycles. The molecule has 0 aliphatic carbocycles. The van der Waals surface area contributed by atoms with Crippen LogP contribution in [0.15, 0.2) is 18.5 Å². The van der Waals surface area contributed by atoms with Gasteiger partial charge >= 0.3 is 0 Å². The van der Waals surface area contributed by atoms with Gasteiger partial charge in [0.15, 0.2) is 0 Å². The Morgan fingerprint density at radius 3 is 3.19 bits per heavy atom. The molecule has 0 saturated carbocycles. The molecule has 1 aromatic heterocycles. The molecule has 0 spiro atoms. The number of nitrogens with zero attached hydrogens (tertiary/aromatic N) is 1. The molecule has 90 valence electrons. The van der Waals surface area contributed by atoms with Crippen molar-refractivity contribution in [3.05, 3.63) is 24.0 Å². The normalized spacial score (nSPS) is 21.5. The summed E-state index contributed by atoms with van der Waals surface area (Å²) in [5.74, 6) is 0. The maximum atomic E-state index is 5.68. The van der Waals surface area contributed by atoms with E-state index in [0.717, 1.165) is 39.2 Å². The Bertz CT molecular complexity index is 280. The van der Waals surface area contributed by atoms with Gasteiger partial charge in [0, 0.05) is 38.6 Å². The number of morpholine rings is 1. The lowest BCUT2D eigenvalue weighted by Crippen LogP contribution is -2.44. The predicted molar refractivity (Wildman–Crippen MR) is 64.6 cm³/mol. The van der Waals surface area contributed by atoms with E-state index in [9.17, 15) is 0 Å². The molecule has 2 rings (SSSR count). The van der Waals surface area contributed by atoms with E-state index in [1.807, 2.05) is 6.20 Å². The third kappa shape index (κ3) is 3.63. The number of likely N-dealkylation sites (N-methyl/N-ethyl adjacent to an activating group) is 1. The largest absolute Gasteiger partial charge is 0.374 e. The summed E-state index contributed by atoms with van der Waals surface area (Å²) >= 11 is 0. The van der Waals surface area contributed by atoms with E-state index in [2.05, 4.69) is 34.5 Å². The molecule has 1 aliphatic rings. The summed E-state index contributed by atoms with van der Waals surface area (Å²) in [5.41, 5.74) is 1.37. The molecule has 2 heterocycles. The highest BCUT2D eigenvalue weighted by molar-refractivity contribution is 5.08. The van der Waals surface area contributed by atoms with Crippen molar-refractivity contribution in [2.45, 2.75) is 12.5 Å². The van der Waals surface area contributed by atoms with Gasteiger partial charge in [-0.1, -0.05) is 0 Å². The van der Waals surface area contributed by atoms with Crippen molar-refractivity contribution in [3.8, 4) is 0 Å². The highest BCUT2D eigenvalue weighted by Crippen LogP contribution is 2.02. The Morgan fingerprint density at radius 1 is 1.56 bits per heavy atom. The molecule has 0 aromatic carbocycles. The second kappa shape index (κ2) is 6.03. The van der Waals surface area contributed by atoms with Gasteiger partial charge in [-0.2, -0.15) is 0 Å². The van der Waals surface area contributed by atoms with Crippen LogP contribution in [0.4, 0.5) is 0 Å². The van der Waals surface area contributed by atoms with Crippen molar-refractivity contribution in [1.82, 2.24) is 15.2 Å². The van der Waals surface area contributed by atoms with Crippen LogP contribution >= 0.6 is 0 Å². The van der Waals surface area contributed by atoms with Gasteiger partial charge in [0.25, 0.3) is 0 Å². The predicted octanol–water partition coefficient (Wildman–Crippen LogP) is 0.477. The van der Waals surface area contributed by atoms with E-state index in [-0.39, 0.29) is 0 Å². The van der Waals surface area contributed by atoms with Crippen molar-refractivity contribution >= 4 is 0 Å². The van der Waals surface area contributed by atoms with E-state index >= 15 is 0 Å². The summed E-state index contributed by atoms with van der Waals surface area (Å²) in [5, 5.41) is 3.35. The van der Waals surface area contributed by atoms with Crippen LogP contribution < -0.4 is 5.32 Å². The molecule has 1 unspecified atom stereocenters. The van der Waals surface area contributed by atoms with E-state index in [1.165, 1.54) is 5.56 Å². The fraction of sp³-hybridized carbons (Fsp3) is 0.667. The van der Waals surface area contributed by atoms with Crippen LogP contribution in [0.2, 0.25) is 0 Å². The Labute approximate surface area is 97.0 Å². The fourth-order valence-corrected chi connectivity index (χ4v) is 2.01. The zero-order valence-corrected chi connectivity index (χ0v) is 9.91. The second-order valence-corrected chi connectivity index (χ2v) is 4.43. The second-order valence-electron chi connectivity index (χ2n) is 4.43. The Hall–Kier alpha value is -0.840. The number of aromatic nitrogens is 1. The van der Waals surface area contributed by atoms with Crippen molar-refractivity contribution in [3.63, 3.8) is 0 Å². The first-order valence-corrected chi connectivity index (χ1v) is 5.97. The molecule has 0 bridgehead atoms. The molecule has 16 heavy (non-hydrogen) atoms. The number of H-pyrrole nitrogens is 1. The first-order valence-electron chi connectivity index (χ1n) is 5.97. The SMILES string of the molecule is CN(CCc1cc[nH]c1)CC1CNCCO1. The van der Waals surface area contributed by atoms with Crippen LogP contribution in [0, 0.1) is 0 Å². The summed E-state index contributed by atoms with van der Waals surface area (Å²) in [7, 11) is 2.16. The van der Waals surface area contributed by atoms with Gasteiger partial charge in [0.2, 0.25) is 0 Å². The van der Waals surface area contributed by atoms with Gasteiger partial charge in [-0.15, -0.1) is 0 Å². The maximum Gasteiger partial charge on any atom is 0.0826 e. The zero-order chi connectivity index (χ0) is 11.2. The summed E-state index contributed by atoms with van der Waals surface area (Å²) in [4.78, 5) is 5.42. The molecular weight excluding hydrogens is 202 g/mol. The first kappa shape index (κ1) is 11.6. The molecule has 4 nitrogen and oxygen atoms in total. The molecule has 0 radical (unpaired) electrons. The Balaban J connectivity index is 1.65. The van der Waals surface area contributed by atoms with Gasteiger partial charge in [-0.3, -0.25) is 0 Å². The average Bonchev–Trinajstić information content (AvgIpc) is 2.81. The Kier molecular flexibility index (Phi) is 4.39. The minimum atomic E-state index is 0.352. The minimum absolute atomic E-state index is 0.352. The van der Waals surface area contributed by atoms with Gasteiger partial charge < -0.3 is 19.9 Å². The topological polar surface area (TPSA) is 40.3 Å². The van der Waals surface area contributed by atoms with Crippen LogP contribution in [0.5, 0.6) is 0 Å². The minimum Gasteiger partial charge on any atom is -0.374 e. The summed E-state index contributed by atoms with van der Waals surface area (Å²) in [6, 6.07) is 2.13. The molecule has 1 fully saturated rings. The summed E-state index contributed by atoms with van der Waals surface area (Å²) in [6.45, 7) is 4.91. The molecule has 4 heteroatoms. The molecule has 1 atom stereocenters. The van der Waals surface area contributed by atoms with E-state index in [4.69, 9.17) is 4.74 Å². The first-order chi connectivity index (χ1) is 7.84. The number of hydrogen-bond acceptors (Lipinski definition) is 3. The lowest BCUT2D eigenvalue weighted by atomic mass is 10.2. The van der Waals surface area contributed by atoms with E-state index in [0.29, 0.717) is 6.10 Å². The number of nitrogens with one attached hydrogen (secondary N) is 2. The van der Waals surface area contributed by atoms with Gasteiger partial charge in [-0.05, 0) is 25.1 Å². The smallest absolute Gasteiger partial charge is 0.0826 e.